The molecule has 2 aliphatic rings. The van der Waals surface area contributed by atoms with Crippen LogP contribution in [0.2, 0.25) is 0 Å². The van der Waals surface area contributed by atoms with Crippen molar-refractivity contribution in [1.29, 1.82) is 0 Å². The van der Waals surface area contributed by atoms with E-state index in [-0.39, 0.29) is 36.6 Å². The normalized spacial score (nSPS) is 15.9. The second kappa shape index (κ2) is 8.49. The Balaban J connectivity index is 1.40. The lowest BCUT2D eigenvalue weighted by molar-refractivity contribution is -0.116. The number of likely N-dealkylation sites (tertiary alicyclic amines) is 1. The van der Waals surface area contributed by atoms with Crippen LogP contribution in [0.5, 0.6) is 0 Å². The van der Waals surface area contributed by atoms with Gasteiger partial charge in [-0.15, -0.1) is 0 Å². The van der Waals surface area contributed by atoms with Gasteiger partial charge in [-0.25, -0.2) is 0 Å². The minimum atomic E-state index is -0.385. The van der Waals surface area contributed by atoms with Crippen LogP contribution in [0.25, 0.3) is 0 Å². The summed E-state index contributed by atoms with van der Waals surface area (Å²) in [4.78, 5) is 53.1. The van der Waals surface area contributed by atoms with E-state index in [4.69, 9.17) is 0 Å². The highest BCUT2D eigenvalue weighted by molar-refractivity contribution is 6.21. The number of benzene rings is 2. The van der Waals surface area contributed by atoms with Crippen molar-refractivity contribution in [2.75, 3.05) is 25.0 Å². The molecule has 0 aliphatic carbocycles. The van der Waals surface area contributed by atoms with Crippen LogP contribution in [-0.2, 0) is 4.79 Å². The van der Waals surface area contributed by atoms with Gasteiger partial charge in [0.25, 0.3) is 17.7 Å². The van der Waals surface area contributed by atoms with Crippen LogP contribution in [-0.4, -0.2) is 53.1 Å². The highest BCUT2D eigenvalue weighted by Gasteiger charge is 2.35. The first-order valence-corrected chi connectivity index (χ1v) is 10.2. The number of piperidine rings is 1. The van der Waals surface area contributed by atoms with Crippen LogP contribution in [0.15, 0.2) is 48.5 Å². The largest absolute Gasteiger partial charge is 0.339 e. The van der Waals surface area contributed by atoms with Crippen LogP contribution in [0.4, 0.5) is 5.69 Å². The lowest BCUT2D eigenvalue weighted by Crippen LogP contribution is -2.36. The van der Waals surface area contributed by atoms with Crippen molar-refractivity contribution in [2.45, 2.75) is 25.7 Å². The van der Waals surface area contributed by atoms with Crippen LogP contribution >= 0.6 is 0 Å². The third kappa shape index (κ3) is 3.83. The first-order chi connectivity index (χ1) is 14.6. The molecule has 7 heteroatoms. The Labute approximate surface area is 174 Å². The van der Waals surface area contributed by atoms with Crippen molar-refractivity contribution in [3.8, 4) is 0 Å². The van der Waals surface area contributed by atoms with Gasteiger partial charge in [-0.2, -0.15) is 0 Å². The third-order valence-electron chi connectivity index (χ3n) is 5.52. The maximum absolute atomic E-state index is 12.9. The van der Waals surface area contributed by atoms with Gasteiger partial charge in [-0.3, -0.25) is 24.1 Å². The van der Waals surface area contributed by atoms with Gasteiger partial charge in [0.2, 0.25) is 5.91 Å². The number of nitrogens with zero attached hydrogens (tertiary/aromatic N) is 2. The average molecular weight is 405 g/mol. The van der Waals surface area contributed by atoms with Gasteiger partial charge in [0.1, 0.15) is 0 Å². The molecule has 154 valence electrons. The molecule has 4 rings (SSSR count). The summed E-state index contributed by atoms with van der Waals surface area (Å²) in [5.41, 5.74) is 1.62. The zero-order chi connectivity index (χ0) is 21.1. The fourth-order valence-corrected chi connectivity index (χ4v) is 3.91. The molecule has 2 aromatic carbocycles. The monoisotopic (exact) mass is 405 g/mol. The van der Waals surface area contributed by atoms with Gasteiger partial charge in [-0.1, -0.05) is 24.3 Å². The quantitative estimate of drug-likeness (QED) is 0.775. The second-order valence-corrected chi connectivity index (χ2v) is 7.50. The number of carbonyl (C=O) groups excluding carboxylic acids is 4. The molecule has 2 heterocycles. The minimum absolute atomic E-state index is 0.0135. The van der Waals surface area contributed by atoms with Crippen molar-refractivity contribution in [3.05, 3.63) is 65.2 Å². The SMILES string of the molecule is O=C(CCN1C(=O)c2ccccc2C1=O)Nc1ccccc1C(=O)N1CCCCC1. The van der Waals surface area contributed by atoms with Gasteiger partial charge in [0, 0.05) is 26.1 Å². The molecule has 0 bridgehead atoms. The van der Waals surface area contributed by atoms with Crippen LogP contribution in [0.1, 0.15) is 56.8 Å². The Kier molecular flexibility index (Phi) is 5.61. The standard InChI is InChI=1S/C23H23N3O4/c27-20(12-15-26-22(29)16-8-2-3-9-17(16)23(26)30)24-19-11-5-4-10-18(19)21(28)25-13-6-1-7-14-25/h2-5,8-11H,1,6-7,12-15H2,(H,24,27). The Bertz CT molecular complexity index is 976. The Morgan fingerprint density at radius 1 is 0.833 bits per heavy atom. The zero-order valence-corrected chi connectivity index (χ0v) is 16.6. The Morgan fingerprint density at radius 2 is 1.43 bits per heavy atom. The van der Waals surface area contributed by atoms with Gasteiger partial charge in [0.15, 0.2) is 0 Å². The highest BCUT2D eigenvalue weighted by Crippen LogP contribution is 2.23. The number of hydrogen-bond donors (Lipinski definition) is 1. The van der Waals surface area contributed by atoms with E-state index in [2.05, 4.69) is 5.32 Å². The molecular weight excluding hydrogens is 382 g/mol. The summed E-state index contributed by atoms with van der Waals surface area (Å²) in [6, 6.07) is 13.6. The summed E-state index contributed by atoms with van der Waals surface area (Å²) < 4.78 is 0. The molecule has 0 aromatic heterocycles. The van der Waals surface area contributed by atoms with E-state index in [0.29, 0.717) is 22.4 Å². The molecule has 4 amide bonds. The van der Waals surface area contributed by atoms with E-state index in [1.165, 1.54) is 0 Å². The van der Waals surface area contributed by atoms with E-state index in [1.54, 1.807) is 48.5 Å². The molecule has 0 unspecified atom stereocenters. The molecule has 0 saturated carbocycles. The first-order valence-electron chi connectivity index (χ1n) is 10.2. The number of nitrogens with one attached hydrogen (secondary N) is 1. The molecule has 1 fully saturated rings. The summed E-state index contributed by atoms with van der Waals surface area (Å²) in [6.07, 6.45) is 3.05. The predicted octanol–water partition coefficient (Wildman–Crippen LogP) is 2.94. The number of hydrogen-bond acceptors (Lipinski definition) is 4. The van der Waals surface area contributed by atoms with Gasteiger partial charge in [-0.05, 0) is 43.5 Å². The number of amides is 4. The average Bonchev–Trinajstić information content (AvgIpc) is 3.03. The smallest absolute Gasteiger partial charge is 0.261 e. The molecule has 7 nitrogen and oxygen atoms in total. The highest BCUT2D eigenvalue weighted by atomic mass is 16.2. The van der Waals surface area contributed by atoms with E-state index in [9.17, 15) is 19.2 Å². The fourth-order valence-electron chi connectivity index (χ4n) is 3.91. The summed E-state index contributed by atoms with van der Waals surface area (Å²) in [7, 11) is 0. The van der Waals surface area contributed by atoms with Crippen molar-refractivity contribution < 1.29 is 19.2 Å². The van der Waals surface area contributed by atoms with Crippen molar-refractivity contribution in [3.63, 3.8) is 0 Å². The molecule has 0 spiro atoms. The maximum atomic E-state index is 12.9. The number of carbonyl (C=O) groups is 4. The van der Waals surface area contributed by atoms with E-state index in [0.717, 1.165) is 37.3 Å². The molecule has 2 aromatic rings. The van der Waals surface area contributed by atoms with E-state index in [1.807, 2.05) is 4.90 Å². The van der Waals surface area contributed by atoms with E-state index < -0.39 is 0 Å². The van der Waals surface area contributed by atoms with Gasteiger partial charge < -0.3 is 10.2 Å². The topological polar surface area (TPSA) is 86.8 Å². The minimum Gasteiger partial charge on any atom is -0.339 e. The molecule has 0 radical (unpaired) electrons. The summed E-state index contributed by atoms with van der Waals surface area (Å²) >= 11 is 0. The van der Waals surface area contributed by atoms with E-state index >= 15 is 0 Å². The summed E-state index contributed by atoms with van der Waals surface area (Å²) in [5.74, 6) is -1.22. The molecule has 30 heavy (non-hydrogen) atoms. The number of imide groups is 1. The lowest BCUT2D eigenvalue weighted by Gasteiger charge is -2.27. The summed E-state index contributed by atoms with van der Waals surface area (Å²) in [5, 5.41) is 2.77. The molecule has 0 atom stereocenters. The molecule has 1 saturated heterocycles. The fraction of sp³-hybridized carbons (Fsp3) is 0.304. The second-order valence-electron chi connectivity index (χ2n) is 7.50. The first kappa shape index (κ1) is 19.8. The Morgan fingerprint density at radius 3 is 2.10 bits per heavy atom. The maximum Gasteiger partial charge on any atom is 0.261 e. The zero-order valence-electron chi connectivity index (χ0n) is 16.6. The van der Waals surface area contributed by atoms with Crippen LogP contribution in [0.3, 0.4) is 0 Å². The van der Waals surface area contributed by atoms with Gasteiger partial charge in [0.05, 0.1) is 22.4 Å². The number of fused-ring (bicyclic) bond motifs is 1. The number of para-hydroxylation sites is 1. The Hall–Kier alpha value is -3.48. The van der Waals surface area contributed by atoms with Gasteiger partial charge >= 0.3 is 0 Å². The summed E-state index contributed by atoms with van der Waals surface area (Å²) in [6.45, 7) is 1.43. The van der Waals surface area contributed by atoms with Crippen molar-refractivity contribution >= 4 is 29.3 Å². The van der Waals surface area contributed by atoms with Crippen LogP contribution < -0.4 is 5.32 Å². The van der Waals surface area contributed by atoms with Crippen LogP contribution in [0, 0.1) is 0 Å². The van der Waals surface area contributed by atoms with Crippen molar-refractivity contribution in [2.24, 2.45) is 0 Å². The molecule has 1 N–H and O–H groups in total. The number of anilines is 1. The molecule has 2 aliphatic heterocycles. The predicted molar refractivity (Wildman–Crippen MR) is 111 cm³/mol. The lowest BCUT2D eigenvalue weighted by atomic mass is 10.1. The van der Waals surface area contributed by atoms with Crippen molar-refractivity contribution in [1.82, 2.24) is 9.80 Å². The molecular formula is C23H23N3O4. The third-order valence-corrected chi connectivity index (χ3v) is 5.52. The number of rotatable bonds is 5.